The third-order valence-electron chi connectivity index (χ3n) is 5.12. The van der Waals surface area contributed by atoms with E-state index in [9.17, 15) is 19.3 Å². The number of carbonyl (C=O) groups excluding carboxylic acids is 1. The van der Waals surface area contributed by atoms with Gasteiger partial charge in [-0.15, -0.1) is 11.3 Å². The van der Waals surface area contributed by atoms with Gasteiger partial charge in [-0.1, -0.05) is 30.3 Å². The molecule has 36 heavy (non-hydrogen) atoms. The molecular formula is C25H22FN2O6PS. The lowest BCUT2D eigenvalue weighted by Gasteiger charge is -2.26. The minimum absolute atomic E-state index is 0.0121. The molecular weight excluding hydrogens is 506 g/mol. The molecule has 0 fully saturated rings. The fraction of sp³-hybridized carbons (Fsp3) is 0.160. The average molecular weight is 528 g/mol. The van der Waals surface area contributed by atoms with Crippen molar-refractivity contribution in [3.8, 4) is 5.75 Å². The monoisotopic (exact) mass is 528 g/mol. The van der Waals surface area contributed by atoms with Crippen LogP contribution in [0.1, 0.15) is 33.8 Å². The van der Waals surface area contributed by atoms with Gasteiger partial charge < -0.3 is 14.4 Å². The normalized spacial score (nSPS) is 14.5. The van der Waals surface area contributed by atoms with Crippen molar-refractivity contribution in [1.29, 1.82) is 0 Å². The maximum absolute atomic E-state index is 15.9. The summed E-state index contributed by atoms with van der Waals surface area (Å²) in [6.45, 7) is 1.30. The van der Waals surface area contributed by atoms with Gasteiger partial charge in [0.2, 0.25) is 5.91 Å². The number of nitrogens with one attached hydrogen (secondary N) is 1. The molecule has 4 aromatic rings. The van der Waals surface area contributed by atoms with E-state index in [0.29, 0.717) is 15.8 Å². The number of aromatic nitrogens is 1. The first kappa shape index (κ1) is 25.5. The first-order valence-corrected chi connectivity index (χ1v) is 13.4. The molecule has 186 valence electrons. The Morgan fingerprint density at radius 2 is 1.86 bits per heavy atom. The van der Waals surface area contributed by atoms with Crippen LogP contribution in [0, 0.1) is 0 Å². The first-order chi connectivity index (χ1) is 17.2. The number of benzene rings is 2. The van der Waals surface area contributed by atoms with Gasteiger partial charge in [-0.25, -0.2) is 14.3 Å². The zero-order valence-electron chi connectivity index (χ0n) is 19.0. The number of aromatic carboxylic acids is 1. The number of nitrogens with zero attached hydrogens (tertiary/aromatic N) is 1. The Morgan fingerprint density at radius 3 is 2.56 bits per heavy atom. The minimum Gasteiger partial charge on any atom is -0.477 e. The third kappa shape index (κ3) is 5.96. The number of rotatable bonds is 10. The third-order valence-corrected chi connectivity index (χ3v) is 8.35. The Kier molecular flexibility index (Phi) is 7.79. The summed E-state index contributed by atoms with van der Waals surface area (Å²) in [6, 6.07) is 17.9. The number of thiophene rings is 1. The Bertz CT molecular complexity index is 1420. The molecule has 0 aliphatic carbocycles. The van der Waals surface area contributed by atoms with Crippen LogP contribution in [0.15, 0.2) is 79.0 Å². The maximum Gasteiger partial charge on any atom is 0.355 e. The number of esters is 1. The van der Waals surface area contributed by atoms with Crippen molar-refractivity contribution in [3.63, 3.8) is 0 Å². The number of pyridine rings is 1. The highest BCUT2D eigenvalue weighted by Gasteiger charge is 2.40. The van der Waals surface area contributed by atoms with E-state index in [2.05, 4.69) is 10.1 Å². The number of halogens is 1. The summed E-state index contributed by atoms with van der Waals surface area (Å²) in [5.41, 5.74) is 0.535. The molecule has 0 spiro atoms. The van der Waals surface area contributed by atoms with Crippen LogP contribution < -0.4 is 9.61 Å². The first-order valence-electron chi connectivity index (χ1n) is 10.8. The molecule has 3 atom stereocenters. The summed E-state index contributed by atoms with van der Waals surface area (Å²) in [7, 11) is -4.40. The van der Waals surface area contributed by atoms with Gasteiger partial charge in [0.05, 0.1) is 5.69 Å². The van der Waals surface area contributed by atoms with Gasteiger partial charge in [-0.3, -0.25) is 14.3 Å². The zero-order valence-corrected chi connectivity index (χ0v) is 20.7. The minimum atomic E-state index is -4.40. The van der Waals surface area contributed by atoms with E-state index < -0.39 is 31.4 Å². The highest BCUT2D eigenvalue weighted by molar-refractivity contribution is 7.57. The molecule has 0 aliphatic rings. The number of para-hydroxylation sites is 1. The van der Waals surface area contributed by atoms with Gasteiger partial charge in [0.15, 0.2) is 0 Å². The molecule has 2 aromatic heterocycles. The van der Waals surface area contributed by atoms with Gasteiger partial charge >= 0.3 is 19.5 Å². The summed E-state index contributed by atoms with van der Waals surface area (Å²) in [6.07, 6.45) is 1.56. The number of hydrogen-bond donors (Lipinski definition) is 2. The molecule has 0 saturated heterocycles. The molecule has 8 nitrogen and oxygen atoms in total. The topological polar surface area (TPSA) is 115 Å². The molecule has 4 rings (SSSR count). The molecule has 0 amide bonds. The van der Waals surface area contributed by atoms with E-state index in [-0.39, 0.29) is 22.8 Å². The van der Waals surface area contributed by atoms with Crippen LogP contribution in [0.4, 0.5) is 4.39 Å². The SMILES string of the molecule is C[C@H](NP(=O)(Oc1ccccc1)[C@@H](F)c1ccc2sc(C(=O)O)cc2c1)C(=O)OCc1ccccn1. The second kappa shape index (κ2) is 11.0. The molecule has 0 radical (unpaired) electrons. The number of hydrogen-bond acceptors (Lipinski definition) is 7. The Morgan fingerprint density at radius 1 is 1.11 bits per heavy atom. The predicted molar refractivity (Wildman–Crippen MR) is 134 cm³/mol. The second-order valence-electron chi connectivity index (χ2n) is 7.83. The standard InChI is InChI=1S/C25H22FN2O6PS/c1-16(25(31)33-15-19-7-5-6-12-27-19)28-35(32,34-20-8-3-2-4-9-20)23(26)17-10-11-21-18(13-17)14-22(36-21)24(29)30/h2-14,16,23H,15H2,1H3,(H,28,32)(H,29,30)/t16-,23+,35?/m0/s1. The van der Waals surface area contributed by atoms with E-state index in [1.54, 1.807) is 48.7 Å². The van der Waals surface area contributed by atoms with Crippen molar-refractivity contribution in [1.82, 2.24) is 10.1 Å². The van der Waals surface area contributed by atoms with Crippen LogP contribution in [-0.4, -0.2) is 28.1 Å². The lowest BCUT2D eigenvalue weighted by molar-refractivity contribution is -0.146. The number of ether oxygens (including phenoxy) is 1. The van der Waals surface area contributed by atoms with Crippen LogP contribution in [0.5, 0.6) is 5.75 Å². The summed E-state index contributed by atoms with van der Waals surface area (Å²) >= 11 is 1.05. The Hall–Kier alpha value is -3.59. The van der Waals surface area contributed by atoms with Gasteiger partial charge in [0.1, 0.15) is 23.3 Å². The van der Waals surface area contributed by atoms with E-state index in [0.717, 1.165) is 11.3 Å². The molecule has 2 heterocycles. The number of fused-ring (bicyclic) bond motifs is 1. The average Bonchev–Trinajstić information content (AvgIpc) is 3.32. The van der Waals surface area contributed by atoms with Crippen LogP contribution in [0.3, 0.4) is 0 Å². The number of carbonyl (C=O) groups is 2. The van der Waals surface area contributed by atoms with Crippen molar-refractivity contribution in [3.05, 3.63) is 95.1 Å². The van der Waals surface area contributed by atoms with Crippen molar-refractivity contribution >= 4 is 40.9 Å². The zero-order chi connectivity index (χ0) is 25.7. The van der Waals surface area contributed by atoms with E-state index >= 15 is 4.39 Å². The number of carboxylic acid groups (broad SMARTS) is 1. The van der Waals surface area contributed by atoms with Gasteiger partial charge in [0.25, 0.3) is 0 Å². The van der Waals surface area contributed by atoms with Crippen molar-refractivity contribution in [2.45, 2.75) is 25.5 Å². The summed E-state index contributed by atoms with van der Waals surface area (Å²) < 4.78 is 41.3. The molecule has 1 unspecified atom stereocenters. The summed E-state index contributed by atoms with van der Waals surface area (Å²) in [4.78, 5) is 28.0. The lowest BCUT2D eigenvalue weighted by Crippen LogP contribution is -2.35. The second-order valence-corrected chi connectivity index (χ2v) is 11.0. The summed E-state index contributed by atoms with van der Waals surface area (Å²) in [5.74, 6) is -3.87. The van der Waals surface area contributed by atoms with Crippen LogP contribution in [-0.2, 0) is 20.7 Å². The predicted octanol–water partition coefficient (Wildman–Crippen LogP) is 5.96. The Balaban J connectivity index is 1.58. The molecule has 2 aromatic carbocycles. The van der Waals surface area contributed by atoms with E-state index in [4.69, 9.17) is 9.26 Å². The van der Waals surface area contributed by atoms with Crippen LogP contribution >= 0.6 is 18.9 Å². The molecule has 0 bridgehead atoms. The fourth-order valence-corrected chi connectivity index (χ4v) is 6.16. The highest BCUT2D eigenvalue weighted by atomic mass is 32.1. The van der Waals surface area contributed by atoms with Crippen LogP contribution in [0.25, 0.3) is 10.1 Å². The Labute approximate surface area is 210 Å². The van der Waals surface area contributed by atoms with Crippen molar-refractivity contribution in [2.24, 2.45) is 0 Å². The van der Waals surface area contributed by atoms with Gasteiger partial charge in [0, 0.05) is 10.9 Å². The summed E-state index contributed by atoms with van der Waals surface area (Å²) in [5, 5.41) is 12.3. The van der Waals surface area contributed by atoms with E-state index in [1.165, 1.54) is 37.3 Å². The van der Waals surface area contributed by atoms with Crippen molar-refractivity contribution in [2.75, 3.05) is 0 Å². The molecule has 11 heteroatoms. The van der Waals surface area contributed by atoms with Gasteiger partial charge in [-0.2, -0.15) is 0 Å². The maximum atomic E-state index is 15.9. The number of carboxylic acids is 1. The van der Waals surface area contributed by atoms with Crippen LogP contribution in [0.2, 0.25) is 0 Å². The molecule has 0 saturated carbocycles. The van der Waals surface area contributed by atoms with E-state index in [1.807, 2.05) is 0 Å². The van der Waals surface area contributed by atoms with Crippen molar-refractivity contribution < 1.29 is 32.9 Å². The lowest BCUT2D eigenvalue weighted by atomic mass is 10.2. The molecule has 2 N–H and O–H groups in total. The van der Waals surface area contributed by atoms with Gasteiger partial charge in [-0.05, 0) is 60.3 Å². The smallest absolute Gasteiger partial charge is 0.355 e. The largest absolute Gasteiger partial charge is 0.477 e. The fourth-order valence-electron chi connectivity index (χ4n) is 3.36. The molecule has 0 aliphatic heterocycles. The quantitative estimate of drug-likeness (QED) is 0.192. The highest BCUT2D eigenvalue weighted by Crippen LogP contribution is 2.58. The number of alkyl halides is 1.